The Labute approximate surface area is 562 Å². The van der Waals surface area contributed by atoms with Crippen LogP contribution in [0.4, 0.5) is 0 Å². The van der Waals surface area contributed by atoms with E-state index in [2.05, 4.69) is 34.6 Å². The standard InChI is InChI=1S/C73H142O17P2/c1-6-9-12-15-18-21-23-25-29-32-37-42-47-52-57-71(76)84-63-69(90-73(78)59-54-49-44-39-34-30-26-28-31-36-40-45-50-55-66(4)5)65-88-92(81,82)86-61-67(74)60-85-91(79,80)87-64-68(62-83-70(75)56-51-46-41-35-20-17-14-11-8-3)89-72(77)58-53-48-43-38-33-27-24-22-19-16-13-10-7-2/h66-69,74H,6-65H2,1-5H3,(H,79,80)(H,81,82)/t67-,68+,69+/m0/s1. The molecule has 0 aliphatic rings. The van der Waals surface area contributed by atoms with Crippen molar-refractivity contribution in [3.05, 3.63) is 0 Å². The van der Waals surface area contributed by atoms with E-state index in [-0.39, 0.29) is 25.7 Å². The van der Waals surface area contributed by atoms with Crippen LogP contribution >= 0.6 is 15.6 Å². The van der Waals surface area contributed by atoms with Gasteiger partial charge in [0.25, 0.3) is 0 Å². The quantitative estimate of drug-likeness (QED) is 0.0222. The zero-order valence-corrected chi connectivity index (χ0v) is 61.5. The van der Waals surface area contributed by atoms with E-state index >= 15 is 0 Å². The number of carbonyl (C=O) groups excluding carboxylic acids is 4. The lowest BCUT2D eigenvalue weighted by molar-refractivity contribution is -0.161. The first kappa shape index (κ1) is 90.1. The first-order valence-corrected chi connectivity index (χ1v) is 41.1. The van der Waals surface area contributed by atoms with E-state index in [1.54, 1.807) is 0 Å². The van der Waals surface area contributed by atoms with E-state index in [0.717, 1.165) is 95.8 Å². The molecule has 546 valence electrons. The third-order valence-electron chi connectivity index (χ3n) is 17.0. The fourth-order valence-electron chi connectivity index (χ4n) is 11.2. The van der Waals surface area contributed by atoms with Crippen molar-refractivity contribution in [3.8, 4) is 0 Å². The van der Waals surface area contributed by atoms with Crippen LogP contribution in [-0.4, -0.2) is 96.7 Å². The van der Waals surface area contributed by atoms with Gasteiger partial charge in [-0.15, -0.1) is 0 Å². The van der Waals surface area contributed by atoms with Crippen molar-refractivity contribution in [2.45, 2.75) is 400 Å². The molecule has 0 aromatic heterocycles. The minimum atomic E-state index is -4.95. The summed E-state index contributed by atoms with van der Waals surface area (Å²) >= 11 is 0. The molecular weight excluding hydrogens is 1210 g/mol. The van der Waals surface area contributed by atoms with Gasteiger partial charge in [-0.05, 0) is 31.6 Å². The van der Waals surface area contributed by atoms with Gasteiger partial charge in [-0.1, -0.05) is 330 Å². The molecule has 5 atom stereocenters. The third kappa shape index (κ3) is 66.7. The average molecular weight is 1350 g/mol. The number of hydrogen-bond donors (Lipinski definition) is 3. The number of carbonyl (C=O) groups is 4. The maximum absolute atomic E-state index is 13.1. The number of phosphoric ester groups is 2. The Hall–Kier alpha value is -1.94. The molecule has 0 heterocycles. The van der Waals surface area contributed by atoms with Crippen LogP contribution in [0, 0.1) is 5.92 Å². The smallest absolute Gasteiger partial charge is 0.462 e. The zero-order valence-electron chi connectivity index (χ0n) is 59.7. The molecule has 19 heteroatoms. The van der Waals surface area contributed by atoms with Gasteiger partial charge in [0.05, 0.1) is 26.4 Å². The largest absolute Gasteiger partial charge is 0.472 e. The van der Waals surface area contributed by atoms with Crippen LogP contribution in [0.15, 0.2) is 0 Å². The molecule has 0 fully saturated rings. The number of ether oxygens (including phenoxy) is 4. The number of aliphatic hydroxyl groups excluding tert-OH is 1. The lowest BCUT2D eigenvalue weighted by atomic mass is 10.0. The summed E-state index contributed by atoms with van der Waals surface area (Å²) < 4.78 is 68.4. The Morgan fingerprint density at radius 1 is 0.293 bits per heavy atom. The lowest BCUT2D eigenvalue weighted by Crippen LogP contribution is -2.30. The molecule has 92 heavy (non-hydrogen) atoms. The zero-order chi connectivity index (χ0) is 67.7. The minimum absolute atomic E-state index is 0.108. The highest BCUT2D eigenvalue weighted by Crippen LogP contribution is 2.45. The van der Waals surface area contributed by atoms with Crippen LogP contribution in [0.25, 0.3) is 0 Å². The Morgan fingerprint density at radius 2 is 0.500 bits per heavy atom. The Morgan fingerprint density at radius 3 is 0.739 bits per heavy atom. The van der Waals surface area contributed by atoms with Crippen molar-refractivity contribution in [2.24, 2.45) is 5.92 Å². The van der Waals surface area contributed by atoms with Gasteiger partial charge in [-0.3, -0.25) is 37.3 Å². The number of phosphoric acid groups is 2. The maximum atomic E-state index is 13.1. The SMILES string of the molecule is CCCCCCCCCCCCCCCCC(=O)OC[C@H](COP(=O)(O)OC[C@@H](O)COP(=O)(O)OC[C@@H](COC(=O)CCCCCCCCCCC)OC(=O)CCCCCCCCCCCCCCC)OC(=O)CCCCCCCCCCCCCCCC(C)C. The fourth-order valence-corrected chi connectivity index (χ4v) is 12.8. The molecule has 0 rings (SSSR count). The molecule has 0 radical (unpaired) electrons. The summed E-state index contributed by atoms with van der Waals surface area (Å²) in [5, 5.41) is 10.6. The van der Waals surface area contributed by atoms with Gasteiger partial charge < -0.3 is 33.8 Å². The molecule has 17 nitrogen and oxygen atoms in total. The highest BCUT2D eigenvalue weighted by atomic mass is 31.2. The van der Waals surface area contributed by atoms with Gasteiger partial charge in [-0.25, -0.2) is 9.13 Å². The molecule has 0 aliphatic heterocycles. The third-order valence-corrected chi connectivity index (χ3v) is 18.9. The van der Waals surface area contributed by atoms with E-state index in [9.17, 15) is 43.2 Å². The highest BCUT2D eigenvalue weighted by Gasteiger charge is 2.30. The normalized spacial score (nSPS) is 14.0. The molecule has 0 saturated carbocycles. The van der Waals surface area contributed by atoms with Gasteiger partial charge in [0.1, 0.15) is 19.3 Å². The first-order chi connectivity index (χ1) is 44.5. The summed E-state index contributed by atoms with van der Waals surface area (Å²) in [7, 11) is -9.90. The second-order valence-electron chi connectivity index (χ2n) is 26.8. The number of rotatable bonds is 73. The van der Waals surface area contributed by atoms with Crippen LogP contribution < -0.4 is 0 Å². The number of unbranched alkanes of at least 4 members (excludes halogenated alkanes) is 45. The van der Waals surface area contributed by atoms with E-state index in [4.69, 9.17) is 37.0 Å². The molecule has 3 N–H and O–H groups in total. The topological polar surface area (TPSA) is 237 Å². The van der Waals surface area contributed by atoms with Crippen LogP contribution in [0.1, 0.15) is 381 Å². The Kier molecular flexibility index (Phi) is 64.9. The highest BCUT2D eigenvalue weighted by molar-refractivity contribution is 7.47. The minimum Gasteiger partial charge on any atom is -0.462 e. The lowest BCUT2D eigenvalue weighted by Gasteiger charge is -2.21. The van der Waals surface area contributed by atoms with Gasteiger partial charge in [0.2, 0.25) is 0 Å². The van der Waals surface area contributed by atoms with E-state index in [1.807, 2.05) is 0 Å². The van der Waals surface area contributed by atoms with E-state index in [0.29, 0.717) is 25.7 Å². The second kappa shape index (κ2) is 66.3. The second-order valence-corrected chi connectivity index (χ2v) is 29.7. The molecular formula is C73H142O17P2. The van der Waals surface area contributed by atoms with Crippen LogP contribution in [0.3, 0.4) is 0 Å². The summed E-state index contributed by atoms with van der Waals surface area (Å²) in [5.74, 6) is -1.33. The van der Waals surface area contributed by atoms with Gasteiger partial charge in [0, 0.05) is 25.7 Å². The molecule has 0 aromatic carbocycles. The Bertz CT molecular complexity index is 1770. The van der Waals surface area contributed by atoms with Crippen LogP contribution in [0.2, 0.25) is 0 Å². The Balaban J connectivity index is 5.24. The molecule has 0 spiro atoms. The molecule has 0 amide bonds. The van der Waals surface area contributed by atoms with Crippen molar-refractivity contribution < 1.29 is 80.2 Å². The summed E-state index contributed by atoms with van der Waals surface area (Å²) in [6.45, 7) is 7.28. The molecule has 0 bridgehead atoms. The van der Waals surface area contributed by atoms with Crippen molar-refractivity contribution in [3.63, 3.8) is 0 Å². The average Bonchev–Trinajstić information content (AvgIpc) is 1.55. The van der Waals surface area contributed by atoms with Crippen molar-refractivity contribution in [2.75, 3.05) is 39.6 Å². The molecule has 0 saturated heterocycles. The van der Waals surface area contributed by atoms with Crippen LogP contribution in [0.5, 0.6) is 0 Å². The summed E-state index contributed by atoms with van der Waals surface area (Å²) in [6, 6.07) is 0. The van der Waals surface area contributed by atoms with Crippen molar-refractivity contribution in [1.29, 1.82) is 0 Å². The number of esters is 4. The van der Waals surface area contributed by atoms with Gasteiger partial charge >= 0.3 is 39.5 Å². The van der Waals surface area contributed by atoms with E-state index < -0.39 is 97.5 Å². The summed E-state index contributed by atoms with van der Waals surface area (Å²) in [6.07, 6.45) is 53.9. The molecule has 0 aliphatic carbocycles. The van der Waals surface area contributed by atoms with Gasteiger partial charge in [-0.2, -0.15) is 0 Å². The maximum Gasteiger partial charge on any atom is 0.472 e. The van der Waals surface area contributed by atoms with Crippen LogP contribution in [-0.2, 0) is 65.4 Å². The number of aliphatic hydroxyl groups is 1. The predicted molar refractivity (Wildman–Crippen MR) is 372 cm³/mol. The first-order valence-electron chi connectivity index (χ1n) is 38.1. The van der Waals surface area contributed by atoms with Crippen molar-refractivity contribution in [1.82, 2.24) is 0 Å². The summed E-state index contributed by atoms with van der Waals surface area (Å²) in [4.78, 5) is 72.6. The molecule has 2 unspecified atom stereocenters. The van der Waals surface area contributed by atoms with Gasteiger partial charge in [0.15, 0.2) is 12.2 Å². The monoisotopic (exact) mass is 1350 g/mol. The van der Waals surface area contributed by atoms with Crippen molar-refractivity contribution >= 4 is 39.5 Å². The number of hydrogen-bond acceptors (Lipinski definition) is 15. The van der Waals surface area contributed by atoms with E-state index in [1.165, 1.54) is 205 Å². The predicted octanol–water partition coefficient (Wildman–Crippen LogP) is 21.3. The summed E-state index contributed by atoms with van der Waals surface area (Å²) in [5.41, 5.74) is 0. The fraction of sp³-hybridized carbons (Fsp3) is 0.945. The molecule has 0 aromatic rings.